The number of aryl methyl sites for hydroxylation is 1. The van der Waals surface area contributed by atoms with Crippen molar-refractivity contribution >= 4 is 27.2 Å². The molecule has 2 heterocycles. The van der Waals surface area contributed by atoms with Gasteiger partial charge in [0, 0.05) is 35.0 Å². The average molecular weight is 392 g/mol. The maximum atomic E-state index is 12.6. The summed E-state index contributed by atoms with van der Waals surface area (Å²) in [4.78, 5) is 24.8. The number of rotatable bonds is 4. The van der Waals surface area contributed by atoms with E-state index in [1.165, 1.54) is 23.5 Å². The molecular weight excluding hydrogens is 376 g/mol. The van der Waals surface area contributed by atoms with Gasteiger partial charge in [-0.3, -0.25) is 14.9 Å². The predicted octanol–water partition coefficient (Wildman–Crippen LogP) is 4.94. The van der Waals surface area contributed by atoms with Crippen LogP contribution in [-0.4, -0.2) is 16.6 Å². The van der Waals surface area contributed by atoms with Crippen molar-refractivity contribution in [2.24, 2.45) is 0 Å². The van der Waals surface area contributed by atoms with Gasteiger partial charge < -0.3 is 9.30 Å². The Morgan fingerprint density at radius 2 is 1.71 bits per heavy atom. The fraction of sp³-hybridized carbons (Fsp3) is 0.0952. The standard InChI is InChI=1S/C21H16N2O4S/c1-13-19-18(24)11-12-22(15-7-9-17(27-2)10-8-15)21(19)28-20(13)14-3-5-16(6-4-14)23(25)26/h3-12H,1-2H3. The summed E-state index contributed by atoms with van der Waals surface area (Å²) in [5.41, 5.74) is 2.65. The zero-order valence-electron chi connectivity index (χ0n) is 15.2. The lowest BCUT2D eigenvalue weighted by Crippen LogP contribution is -2.05. The summed E-state index contributed by atoms with van der Waals surface area (Å²) in [6.45, 7) is 1.91. The van der Waals surface area contributed by atoms with E-state index in [0.29, 0.717) is 5.39 Å². The molecule has 0 unspecified atom stereocenters. The van der Waals surface area contributed by atoms with Crippen molar-refractivity contribution in [1.29, 1.82) is 0 Å². The fourth-order valence-corrected chi connectivity index (χ4v) is 4.53. The van der Waals surface area contributed by atoms with Gasteiger partial charge >= 0.3 is 0 Å². The molecule has 0 atom stereocenters. The molecule has 0 radical (unpaired) electrons. The van der Waals surface area contributed by atoms with Gasteiger partial charge in [-0.05, 0) is 54.4 Å². The van der Waals surface area contributed by atoms with E-state index in [9.17, 15) is 14.9 Å². The Hall–Kier alpha value is -3.45. The molecule has 0 bridgehead atoms. The number of nitro benzene ring substituents is 1. The highest BCUT2D eigenvalue weighted by Crippen LogP contribution is 2.38. The number of nitrogens with zero attached hydrogens (tertiary/aromatic N) is 2. The van der Waals surface area contributed by atoms with Crippen LogP contribution in [-0.2, 0) is 0 Å². The number of hydrogen-bond acceptors (Lipinski definition) is 5. The quantitative estimate of drug-likeness (QED) is 0.364. The third-order valence-corrected chi connectivity index (χ3v) is 6.00. The Morgan fingerprint density at radius 1 is 1.04 bits per heavy atom. The molecule has 0 fully saturated rings. The average Bonchev–Trinajstić information content (AvgIpc) is 3.06. The zero-order valence-corrected chi connectivity index (χ0v) is 16.0. The lowest BCUT2D eigenvalue weighted by molar-refractivity contribution is -0.384. The number of nitro groups is 1. The van der Waals surface area contributed by atoms with Crippen molar-refractivity contribution in [3.63, 3.8) is 0 Å². The lowest BCUT2D eigenvalue weighted by Gasteiger charge is -2.09. The summed E-state index contributed by atoms with van der Waals surface area (Å²) >= 11 is 1.50. The SMILES string of the molecule is COc1ccc(-n2ccc(=O)c3c(C)c(-c4ccc([N+](=O)[O-])cc4)sc32)cc1. The second-order valence-corrected chi connectivity index (χ2v) is 7.29. The smallest absolute Gasteiger partial charge is 0.269 e. The minimum atomic E-state index is -0.422. The van der Waals surface area contributed by atoms with E-state index in [0.717, 1.165) is 32.3 Å². The van der Waals surface area contributed by atoms with Gasteiger partial charge in [0.2, 0.25) is 0 Å². The van der Waals surface area contributed by atoms with Gasteiger partial charge in [0.15, 0.2) is 5.43 Å². The van der Waals surface area contributed by atoms with E-state index in [2.05, 4.69) is 0 Å². The van der Waals surface area contributed by atoms with Gasteiger partial charge in [0.25, 0.3) is 5.69 Å². The van der Waals surface area contributed by atoms with Crippen molar-refractivity contribution < 1.29 is 9.66 Å². The van der Waals surface area contributed by atoms with Crippen LogP contribution in [0.3, 0.4) is 0 Å². The van der Waals surface area contributed by atoms with Gasteiger partial charge in [-0.15, -0.1) is 11.3 Å². The third kappa shape index (κ3) is 2.95. The molecule has 0 N–H and O–H groups in total. The van der Waals surface area contributed by atoms with E-state index in [-0.39, 0.29) is 11.1 Å². The first-order valence-corrected chi connectivity index (χ1v) is 9.35. The zero-order chi connectivity index (χ0) is 19.8. The van der Waals surface area contributed by atoms with Crippen LogP contribution in [0, 0.1) is 17.0 Å². The number of aromatic nitrogens is 1. The van der Waals surface area contributed by atoms with Crippen molar-refractivity contribution in [2.75, 3.05) is 7.11 Å². The first-order chi connectivity index (χ1) is 13.5. The van der Waals surface area contributed by atoms with Crippen LogP contribution < -0.4 is 10.2 Å². The van der Waals surface area contributed by atoms with Gasteiger partial charge in [-0.25, -0.2) is 0 Å². The number of non-ortho nitro benzene ring substituents is 1. The van der Waals surface area contributed by atoms with Crippen LogP contribution in [0.15, 0.2) is 65.6 Å². The van der Waals surface area contributed by atoms with Gasteiger partial charge in [0.1, 0.15) is 10.6 Å². The number of ether oxygens (including phenoxy) is 1. The number of pyridine rings is 1. The molecule has 0 aliphatic heterocycles. The Bertz CT molecular complexity index is 1240. The van der Waals surface area contributed by atoms with Crippen molar-refractivity contribution in [3.05, 3.63) is 86.7 Å². The molecular formula is C21H16N2O4S. The molecule has 0 saturated carbocycles. The topological polar surface area (TPSA) is 74.4 Å². The maximum Gasteiger partial charge on any atom is 0.269 e. The minimum absolute atomic E-state index is 0.0401. The Balaban J connectivity index is 1.90. The highest BCUT2D eigenvalue weighted by atomic mass is 32.1. The molecule has 28 heavy (non-hydrogen) atoms. The minimum Gasteiger partial charge on any atom is -0.497 e. The van der Waals surface area contributed by atoms with Gasteiger partial charge in [-0.2, -0.15) is 0 Å². The number of benzene rings is 2. The predicted molar refractivity (Wildman–Crippen MR) is 111 cm³/mol. The maximum absolute atomic E-state index is 12.6. The lowest BCUT2D eigenvalue weighted by atomic mass is 10.1. The van der Waals surface area contributed by atoms with Gasteiger partial charge in [-0.1, -0.05) is 0 Å². The third-order valence-electron chi connectivity index (χ3n) is 4.66. The molecule has 4 rings (SSSR count). The van der Waals surface area contributed by atoms with Crippen LogP contribution >= 0.6 is 11.3 Å². The first kappa shape index (κ1) is 17.9. The van der Waals surface area contributed by atoms with Crippen molar-refractivity contribution in [1.82, 2.24) is 4.57 Å². The molecule has 6 nitrogen and oxygen atoms in total. The Morgan fingerprint density at radius 3 is 2.32 bits per heavy atom. The van der Waals surface area contributed by atoms with Crippen LogP contribution in [0.4, 0.5) is 5.69 Å². The van der Waals surface area contributed by atoms with Crippen LogP contribution in [0.25, 0.3) is 26.3 Å². The number of methoxy groups -OCH3 is 1. The molecule has 7 heteroatoms. The highest BCUT2D eigenvalue weighted by molar-refractivity contribution is 7.22. The number of fused-ring (bicyclic) bond motifs is 1. The molecule has 2 aromatic heterocycles. The summed E-state index contributed by atoms with van der Waals surface area (Å²) in [6.07, 6.45) is 1.77. The second kappa shape index (κ2) is 6.94. The van der Waals surface area contributed by atoms with Crippen LogP contribution in [0.1, 0.15) is 5.56 Å². The highest BCUT2D eigenvalue weighted by Gasteiger charge is 2.17. The molecule has 0 saturated heterocycles. The molecule has 140 valence electrons. The molecule has 4 aromatic rings. The molecule has 0 amide bonds. The van der Waals surface area contributed by atoms with Gasteiger partial charge in [0.05, 0.1) is 17.4 Å². The van der Waals surface area contributed by atoms with Crippen molar-refractivity contribution in [2.45, 2.75) is 6.92 Å². The Labute approximate surface area is 164 Å². The van der Waals surface area contributed by atoms with E-state index in [4.69, 9.17) is 4.74 Å². The van der Waals surface area contributed by atoms with E-state index >= 15 is 0 Å². The molecule has 2 aromatic carbocycles. The summed E-state index contributed by atoms with van der Waals surface area (Å²) in [7, 11) is 1.62. The molecule has 0 aliphatic rings. The van der Waals surface area contributed by atoms with Crippen LogP contribution in [0.2, 0.25) is 0 Å². The second-order valence-electron chi connectivity index (χ2n) is 6.29. The molecule has 0 aliphatic carbocycles. The summed E-state index contributed by atoms with van der Waals surface area (Å²) in [6, 6.07) is 15.6. The largest absolute Gasteiger partial charge is 0.497 e. The summed E-state index contributed by atoms with van der Waals surface area (Å²) in [5.74, 6) is 0.759. The number of thiophene rings is 1. The fourth-order valence-electron chi connectivity index (χ4n) is 3.21. The van der Waals surface area contributed by atoms with Crippen molar-refractivity contribution in [3.8, 4) is 21.9 Å². The van der Waals surface area contributed by atoms with Crippen LogP contribution in [0.5, 0.6) is 5.75 Å². The number of hydrogen-bond donors (Lipinski definition) is 0. The monoisotopic (exact) mass is 392 g/mol. The normalized spacial score (nSPS) is 10.9. The Kier molecular flexibility index (Phi) is 4.44. The van der Waals surface area contributed by atoms with E-state index in [1.807, 2.05) is 35.8 Å². The molecule has 0 spiro atoms. The van der Waals surface area contributed by atoms with E-state index in [1.54, 1.807) is 31.5 Å². The van der Waals surface area contributed by atoms with E-state index < -0.39 is 4.92 Å². The summed E-state index contributed by atoms with van der Waals surface area (Å²) in [5, 5.41) is 11.6. The summed E-state index contributed by atoms with van der Waals surface area (Å²) < 4.78 is 7.19. The first-order valence-electron chi connectivity index (χ1n) is 8.53.